The van der Waals surface area contributed by atoms with E-state index in [-0.39, 0.29) is 0 Å². The molecule has 0 amide bonds. The van der Waals surface area contributed by atoms with Crippen LogP contribution in [0.1, 0.15) is 26.2 Å². The van der Waals surface area contributed by atoms with Crippen LogP contribution in [0.2, 0.25) is 0 Å². The van der Waals surface area contributed by atoms with Crippen LogP contribution in [0.4, 0.5) is 0 Å². The van der Waals surface area contributed by atoms with Gasteiger partial charge in [-0.15, -0.1) is 0 Å². The third-order valence-electron chi connectivity index (χ3n) is 2.63. The van der Waals surface area contributed by atoms with Crippen LogP contribution in [0, 0.1) is 0 Å². The Morgan fingerprint density at radius 2 is 2.14 bits per heavy atom. The van der Waals surface area contributed by atoms with Gasteiger partial charge in [-0.1, -0.05) is 13.3 Å². The first-order valence-electron chi connectivity index (χ1n) is 5.94. The molecule has 1 rings (SSSR count). The van der Waals surface area contributed by atoms with Crippen molar-refractivity contribution in [2.24, 2.45) is 0 Å². The van der Waals surface area contributed by atoms with Gasteiger partial charge in [0.25, 0.3) is 0 Å². The second-order valence-electron chi connectivity index (χ2n) is 3.91. The third kappa shape index (κ3) is 5.89. The first-order valence-corrected chi connectivity index (χ1v) is 7.09. The summed E-state index contributed by atoms with van der Waals surface area (Å²) in [5.74, 6) is 2.69. The molecule has 1 aliphatic rings. The molecule has 2 nitrogen and oxygen atoms in total. The van der Waals surface area contributed by atoms with Crippen molar-refractivity contribution in [2.45, 2.75) is 26.2 Å². The van der Waals surface area contributed by atoms with Crippen molar-refractivity contribution in [3.8, 4) is 0 Å². The molecule has 1 heterocycles. The Bertz CT molecular complexity index is 122. The maximum atomic E-state index is 3.51. The van der Waals surface area contributed by atoms with Crippen LogP contribution in [0.25, 0.3) is 0 Å². The van der Waals surface area contributed by atoms with E-state index in [1.165, 1.54) is 63.5 Å². The van der Waals surface area contributed by atoms with E-state index in [1.807, 2.05) is 0 Å². The molecule has 0 radical (unpaired) electrons. The number of hydrogen-bond acceptors (Lipinski definition) is 3. The summed E-state index contributed by atoms with van der Waals surface area (Å²) in [6, 6.07) is 0. The summed E-state index contributed by atoms with van der Waals surface area (Å²) >= 11 is 2.10. The predicted molar refractivity (Wildman–Crippen MR) is 66.2 cm³/mol. The summed E-state index contributed by atoms with van der Waals surface area (Å²) < 4.78 is 0. The van der Waals surface area contributed by atoms with Crippen LogP contribution >= 0.6 is 11.8 Å². The lowest BCUT2D eigenvalue weighted by molar-refractivity contribution is 0.294. The van der Waals surface area contributed by atoms with Crippen LogP contribution in [0.5, 0.6) is 0 Å². The highest BCUT2D eigenvalue weighted by atomic mass is 32.2. The van der Waals surface area contributed by atoms with Crippen molar-refractivity contribution >= 4 is 11.8 Å². The summed E-state index contributed by atoms with van der Waals surface area (Å²) in [5.41, 5.74) is 0. The van der Waals surface area contributed by atoms with Gasteiger partial charge in [0.15, 0.2) is 0 Å². The Morgan fingerprint density at radius 3 is 3.00 bits per heavy atom. The van der Waals surface area contributed by atoms with Crippen LogP contribution in [-0.4, -0.2) is 49.1 Å². The Kier molecular flexibility index (Phi) is 7.55. The molecule has 0 atom stereocenters. The zero-order valence-electron chi connectivity index (χ0n) is 9.43. The Balaban J connectivity index is 1.93. The van der Waals surface area contributed by atoms with Crippen molar-refractivity contribution in [1.82, 2.24) is 10.2 Å². The van der Waals surface area contributed by atoms with Gasteiger partial charge in [0.05, 0.1) is 0 Å². The van der Waals surface area contributed by atoms with Crippen molar-refractivity contribution < 1.29 is 0 Å². The molecule has 3 heteroatoms. The SMILES string of the molecule is CCCCNCCN1CCCSCC1. The molecule has 0 saturated carbocycles. The molecule has 14 heavy (non-hydrogen) atoms. The monoisotopic (exact) mass is 216 g/mol. The largest absolute Gasteiger partial charge is 0.315 e. The third-order valence-corrected chi connectivity index (χ3v) is 3.68. The van der Waals surface area contributed by atoms with Crippen LogP contribution in [-0.2, 0) is 0 Å². The van der Waals surface area contributed by atoms with Crippen molar-refractivity contribution in [3.63, 3.8) is 0 Å². The summed E-state index contributed by atoms with van der Waals surface area (Å²) in [6.07, 6.45) is 3.99. The lowest BCUT2D eigenvalue weighted by Gasteiger charge is -2.19. The number of unbranched alkanes of at least 4 members (excludes halogenated alkanes) is 1. The molecule has 0 spiro atoms. The summed E-state index contributed by atoms with van der Waals surface area (Å²) in [6.45, 7) is 8.45. The highest BCUT2D eigenvalue weighted by Crippen LogP contribution is 2.08. The van der Waals surface area contributed by atoms with E-state index in [9.17, 15) is 0 Å². The van der Waals surface area contributed by atoms with E-state index < -0.39 is 0 Å². The molecule has 0 aromatic rings. The minimum atomic E-state index is 1.17. The van der Waals surface area contributed by atoms with Crippen LogP contribution in [0.15, 0.2) is 0 Å². The summed E-state index contributed by atoms with van der Waals surface area (Å²) in [4.78, 5) is 2.60. The smallest absolute Gasteiger partial charge is 0.0107 e. The van der Waals surface area contributed by atoms with E-state index in [0.717, 1.165) is 0 Å². The van der Waals surface area contributed by atoms with Gasteiger partial charge >= 0.3 is 0 Å². The van der Waals surface area contributed by atoms with E-state index in [4.69, 9.17) is 0 Å². The summed E-state index contributed by atoms with van der Waals surface area (Å²) in [5, 5.41) is 3.51. The summed E-state index contributed by atoms with van der Waals surface area (Å²) in [7, 11) is 0. The lowest BCUT2D eigenvalue weighted by Crippen LogP contribution is -2.33. The van der Waals surface area contributed by atoms with E-state index in [1.54, 1.807) is 0 Å². The fraction of sp³-hybridized carbons (Fsp3) is 1.00. The molecule has 0 aromatic heterocycles. The lowest BCUT2D eigenvalue weighted by atomic mass is 10.3. The molecule has 0 aliphatic carbocycles. The molecule has 0 aromatic carbocycles. The maximum Gasteiger partial charge on any atom is 0.0107 e. The first-order chi connectivity index (χ1) is 6.93. The van der Waals surface area contributed by atoms with E-state index >= 15 is 0 Å². The second-order valence-corrected chi connectivity index (χ2v) is 5.14. The van der Waals surface area contributed by atoms with Gasteiger partial charge in [0.1, 0.15) is 0 Å². The van der Waals surface area contributed by atoms with Gasteiger partial charge in [0.2, 0.25) is 0 Å². The normalized spacial score (nSPS) is 19.5. The van der Waals surface area contributed by atoms with Gasteiger partial charge < -0.3 is 10.2 Å². The van der Waals surface area contributed by atoms with Crippen molar-refractivity contribution in [3.05, 3.63) is 0 Å². The number of rotatable bonds is 6. The van der Waals surface area contributed by atoms with Gasteiger partial charge in [-0.25, -0.2) is 0 Å². The van der Waals surface area contributed by atoms with Gasteiger partial charge in [-0.2, -0.15) is 11.8 Å². The number of thioether (sulfide) groups is 1. The van der Waals surface area contributed by atoms with Crippen LogP contribution < -0.4 is 5.32 Å². The van der Waals surface area contributed by atoms with Crippen molar-refractivity contribution in [2.75, 3.05) is 44.2 Å². The fourth-order valence-electron chi connectivity index (χ4n) is 1.69. The molecule has 0 bridgehead atoms. The Morgan fingerprint density at radius 1 is 1.21 bits per heavy atom. The van der Waals surface area contributed by atoms with Gasteiger partial charge in [-0.3, -0.25) is 0 Å². The molecule has 84 valence electrons. The molecular formula is C11H24N2S. The maximum absolute atomic E-state index is 3.51. The molecular weight excluding hydrogens is 192 g/mol. The van der Waals surface area contributed by atoms with E-state index in [0.29, 0.717) is 0 Å². The zero-order chi connectivity index (χ0) is 10.1. The molecule has 1 saturated heterocycles. The fourth-order valence-corrected chi connectivity index (χ4v) is 2.61. The Hall–Kier alpha value is 0.270. The highest BCUT2D eigenvalue weighted by Gasteiger charge is 2.07. The molecule has 1 fully saturated rings. The quantitative estimate of drug-likeness (QED) is 0.682. The second kappa shape index (κ2) is 8.57. The Labute approximate surface area is 92.8 Å². The molecule has 1 aliphatic heterocycles. The van der Waals surface area contributed by atoms with Gasteiger partial charge in [0, 0.05) is 25.4 Å². The number of hydrogen-bond donors (Lipinski definition) is 1. The molecule has 1 N–H and O–H groups in total. The van der Waals surface area contributed by atoms with Crippen molar-refractivity contribution in [1.29, 1.82) is 0 Å². The van der Waals surface area contributed by atoms with E-state index in [2.05, 4.69) is 28.9 Å². The topological polar surface area (TPSA) is 15.3 Å². The zero-order valence-corrected chi connectivity index (χ0v) is 10.2. The number of nitrogens with zero attached hydrogens (tertiary/aromatic N) is 1. The standard InChI is InChI=1S/C11H24N2S/c1-2-3-5-12-6-8-13-7-4-10-14-11-9-13/h12H,2-11H2,1H3. The number of nitrogens with one attached hydrogen (secondary N) is 1. The minimum Gasteiger partial charge on any atom is -0.315 e. The average Bonchev–Trinajstić information content (AvgIpc) is 2.46. The highest BCUT2D eigenvalue weighted by molar-refractivity contribution is 7.99. The molecule has 0 unspecified atom stereocenters. The van der Waals surface area contributed by atoms with Gasteiger partial charge in [-0.05, 0) is 31.7 Å². The van der Waals surface area contributed by atoms with Crippen LogP contribution in [0.3, 0.4) is 0 Å². The average molecular weight is 216 g/mol. The predicted octanol–water partition coefficient (Wildman–Crippen LogP) is 1.81. The first kappa shape index (κ1) is 12.3. The minimum absolute atomic E-state index is 1.17.